The second-order valence-corrected chi connectivity index (χ2v) is 6.92. The highest BCUT2D eigenvalue weighted by Crippen LogP contribution is 2.24. The molecule has 0 spiro atoms. The fourth-order valence-corrected chi connectivity index (χ4v) is 3.23. The van der Waals surface area contributed by atoms with Crippen molar-refractivity contribution >= 4 is 11.7 Å². The molecule has 2 aromatic rings. The molecule has 6 heteroatoms. The van der Waals surface area contributed by atoms with Gasteiger partial charge in [-0.15, -0.1) is 0 Å². The molecular weight excluding hydrogens is 352 g/mol. The first-order valence-corrected chi connectivity index (χ1v) is 9.87. The largest absolute Gasteiger partial charge is 0.497 e. The van der Waals surface area contributed by atoms with Gasteiger partial charge in [0.15, 0.2) is 0 Å². The zero-order valence-electron chi connectivity index (χ0n) is 17.5. The zero-order chi connectivity index (χ0) is 20.5. The van der Waals surface area contributed by atoms with Crippen molar-refractivity contribution < 1.29 is 9.53 Å². The number of pyridine rings is 1. The Morgan fingerprint density at radius 3 is 2.57 bits per heavy atom. The van der Waals surface area contributed by atoms with E-state index in [1.54, 1.807) is 25.4 Å². The lowest BCUT2D eigenvalue weighted by atomic mass is 10.0. The molecule has 1 aromatic heterocycles. The molecule has 0 aliphatic rings. The van der Waals surface area contributed by atoms with Crippen molar-refractivity contribution in [1.82, 2.24) is 15.2 Å². The third-order valence-corrected chi connectivity index (χ3v) is 4.67. The van der Waals surface area contributed by atoms with Gasteiger partial charge in [-0.3, -0.25) is 9.69 Å². The molecule has 0 aliphatic carbocycles. The second-order valence-electron chi connectivity index (χ2n) is 6.92. The Hall–Kier alpha value is -2.60. The van der Waals surface area contributed by atoms with Crippen molar-refractivity contribution in [2.75, 3.05) is 32.1 Å². The molecule has 1 atom stereocenters. The molecule has 1 amide bonds. The fourth-order valence-electron chi connectivity index (χ4n) is 3.23. The second kappa shape index (κ2) is 10.7. The van der Waals surface area contributed by atoms with Crippen molar-refractivity contribution in [1.29, 1.82) is 0 Å². The lowest BCUT2D eigenvalue weighted by Gasteiger charge is -2.30. The molecule has 1 aromatic carbocycles. The van der Waals surface area contributed by atoms with Crippen LogP contribution in [-0.2, 0) is 0 Å². The number of amides is 1. The van der Waals surface area contributed by atoms with Gasteiger partial charge in [0, 0.05) is 18.8 Å². The first-order valence-electron chi connectivity index (χ1n) is 9.87. The number of hydrogen-bond donors (Lipinski definition) is 2. The van der Waals surface area contributed by atoms with Gasteiger partial charge in [0.2, 0.25) is 0 Å². The third kappa shape index (κ3) is 5.70. The summed E-state index contributed by atoms with van der Waals surface area (Å²) < 4.78 is 5.38. The van der Waals surface area contributed by atoms with E-state index in [9.17, 15) is 4.79 Å². The highest BCUT2D eigenvalue weighted by Gasteiger charge is 2.21. The van der Waals surface area contributed by atoms with E-state index in [2.05, 4.69) is 40.4 Å². The number of methoxy groups -OCH3 is 1. The van der Waals surface area contributed by atoms with Crippen molar-refractivity contribution in [3.05, 3.63) is 53.7 Å². The predicted molar refractivity (Wildman–Crippen MR) is 114 cm³/mol. The third-order valence-electron chi connectivity index (χ3n) is 4.67. The van der Waals surface area contributed by atoms with Gasteiger partial charge >= 0.3 is 0 Å². The van der Waals surface area contributed by atoms with Crippen molar-refractivity contribution in [2.24, 2.45) is 0 Å². The van der Waals surface area contributed by atoms with Crippen LogP contribution in [-0.4, -0.2) is 48.6 Å². The van der Waals surface area contributed by atoms with Crippen LogP contribution in [0.15, 0.2) is 42.6 Å². The summed E-state index contributed by atoms with van der Waals surface area (Å²) in [6.07, 6.45) is 1.69. The maximum Gasteiger partial charge on any atom is 0.255 e. The van der Waals surface area contributed by atoms with Gasteiger partial charge in [0.05, 0.1) is 18.7 Å². The Labute approximate surface area is 168 Å². The van der Waals surface area contributed by atoms with Crippen LogP contribution in [0.1, 0.15) is 49.7 Å². The molecule has 0 bridgehead atoms. The number of rotatable bonds is 10. The summed E-state index contributed by atoms with van der Waals surface area (Å²) in [6.45, 7) is 10.6. The van der Waals surface area contributed by atoms with Crippen LogP contribution in [0, 0.1) is 0 Å². The lowest BCUT2D eigenvalue weighted by Crippen LogP contribution is -2.38. The van der Waals surface area contributed by atoms with Gasteiger partial charge in [-0.1, -0.05) is 26.0 Å². The van der Waals surface area contributed by atoms with E-state index >= 15 is 0 Å². The Bertz CT molecular complexity index is 760. The molecule has 0 saturated carbocycles. The van der Waals surface area contributed by atoms with Crippen molar-refractivity contribution in [3.8, 4) is 5.75 Å². The average Bonchev–Trinajstić information content (AvgIpc) is 2.71. The average molecular weight is 385 g/mol. The number of ether oxygens (including phenoxy) is 1. The Kier molecular flexibility index (Phi) is 8.26. The number of carbonyl (C=O) groups is 1. The summed E-state index contributed by atoms with van der Waals surface area (Å²) in [5.74, 6) is 1.30. The van der Waals surface area contributed by atoms with E-state index in [0.717, 1.165) is 24.4 Å². The molecule has 2 rings (SSSR count). The van der Waals surface area contributed by atoms with Gasteiger partial charge in [-0.2, -0.15) is 0 Å². The smallest absolute Gasteiger partial charge is 0.255 e. The van der Waals surface area contributed by atoms with Crippen LogP contribution < -0.4 is 15.4 Å². The van der Waals surface area contributed by atoms with Crippen molar-refractivity contribution in [3.63, 3.8) is 0 Å². The minimum absolute atomic E-state index is 0.0622. The maximum absolute atomic E-state index is 12.9. The first kappa shape index (κ1) is 21.7. The van der Waals surface area contributed by atoms with Crippen LogP contribution >= 0.6 is 0 Å². The van der Waals surface area contributed by atoms with Gasteiger partial charge in [0.1, 0.15) is 11.6 Å². The summed E-state index contributed by atoms with van der Waals surface area (Å²) in [4.78, 5) is 19.5. The molecular formula is C22H32N4O2. The predicted octanol–water partition coefficient (Wildman–Crippen LogP) is 3.72. The number of anilines is 1. The Morgan fingerprint density at radius 1 is 1.18 bits per heavy atom. The first-order chi connectivity index (χ1) is 13.5. The van der Waals surface area contributed by atoms with Gasteiger partial charge in [-0.25, -0.2) is 4.98 Å². The monoisotopic (exact) mass is 384 g/mol. The summed E-state index contributed by atoms with van der Waals surface area (Å²) in [6, 6.07) is 11.9. The van der Waals surface area contributed by atoms with E-state index in [-0.39, 0.29) is 18.0 Å². The van der Waals surface area contributed by atoms with E-state index < -0.39 is 0 Å². The highest BCUT2D eigenvalue weighted by atomic mass is 16.5. The summed E-state index contributed by atoms with van der Waals surface area (Å²) in [7, 11) is 1.67. The number of likely N-dealkylation sites (N-methyl/N-ethyl adjacent to an activating group) is 1. The molecule has 1 heterocycles. The summed E-state index contributed by atoms with van der Waals surface area (Å²) in [5, 5.41) is 6.33. The Morgan fingerprint density at radius 2 is 1.93 bits per heavy atom. The number of nitrogens with zero attached hydrogens (tertiary/aromatic N) is 2. The van der Waals surface area contributed by atoms with Gasteiger partial charge in [0.25, 0.3) is 5.91 Å². The Balaban J connectivity index is 2.20. The quantitative estimate of drug-likeness (QED) is 0.653. The molecule has 0 fully saturated rings. The number of benzene rings is 1. The van der Waals surface area contributed by atoms with Crippen LogP contribution in [0.25, 0.3) is 0 Å². The molecule has 6 nitrogen and oxygen atoms in total. The number of hydrogen-bond acceptors (Lipinski definition) is 5. The van der Waals surface area contributed by atoms with Crippen LogP contribution in [0.4, 0.5) is 5.82 Å². The number of carbonyl (C=O) groups excluding carboxylic acids is 1. The molecule has 2 N–H and O–H groups in total. The summed E-state index contributed by atoms with van der Waals surface area (Å²) >= 11 is 0. The molecule has 0 aliphatic heterocycles. The number of aromatic nitrogens is 1. The van der Waals surface area contributed by atoms with Crippen LogP contribution in [0.5, 0.6) is 5.75 Å². The van der Waals surface area contributed by atoms with Crippen molar-refractivity contribution in [2.45, 2.75) is 39.8 Å². The molecule has 0 saturated heterocycles. The molecule has 152 valence electrons. The molecule has 1 unspecified atom stereocenters. The van der Waals surface area contributed by atoms with Crippen LogP contribution in [0.3, 0.4) is 0 Å². The van der Waals surface area contributed by atoms with E-state index in [1.165, 1.54) is 0 Å². The van der Waals surface area contributed by atoms with E-state index in [1.807, 2.05) is 32.0 Å². The standard InChI is InChI=1S/C22H32N4O2/c1-6-26(7-2)20(17-10-8-11-18(14-17)28-5)15-24-22(27)19-12-9-13-23-21(19)25-16(3)4/h8-14,16,20H,6-7,15H2,1-5H3,(H,23,25)(H,24,27). The number of nitrogens with one attached hydrogen (secondary N) is 2. The minimum Gasteiger partial charge on any atom is -0.497 e. The zero-order valence-corrected chi connectivity index (χ0v) is 17.5. The van der Waals surface area contributed by atoms with Gasteiger partial charge in [-0.05, 0) is 56.8 Å². The van der Waals surface area contributed by atoms with E-state index in [4.69, 9.17) is 4.74 Å². The summed E-state index contributed by atoms with van der Waals surface area (Å²) in [5.41, 5.74) is 1.68. The van der Waals surface area contributed by atoms with Crippen LogP contribution in [0.2, 0.25) is 0 Å². The lowest BCUT2D eigenvalue weighted by molar-refractivity contribution is 0.0935. The topological polar surface area (TPSA) is 66.5 Å². The highest BCUT2D eigenvalue weighted by molar-refractivity contribution is 5.98. The normalized spacial score (nSPS) is 12.1. The minimum atomic E-state index is -0.128. The SMILES string of the molecule is CCN(CC)C(CNC(=O)c1cccnc1NC(C)C)c1cccc(OC)c1. The van der Waals surface area contributed by atoms with E-state index in [0.29, 0.717) is 17.9 Å². The molecule has 0 radical (unpaired) electrons. The van der Waals surface area contributed by atoms with Gasteiger partial charge < -0.3 is 15.4 Å². The maximum atomic E-state index is 12.9. The fraction of sp³-hybridized carbons (Fsp3) is 0.455. The molecule has 28 heavy (non-hydrogen) atoms.